The van der Waals surface area contributed by atoms with E-state index in [1.54, 1.807) is 0 Å². The maximum absolute atomic E-state index is 12.6. The van der Waals surface area contributed by atoms with Crippen molar-refractivity contribution in [3.63, 3.8) is 0 Å². The summed E-state index contributed by atoms with van der Waals surface area (Å²) in [6.07, 6.45) is 3.83. The highest BCUT2D eigenvalue weighted by molar-refractivity contribution is 5.75. The predicted octanol–water partition coefficient (Wildman–Crippen LogP) is 3.47. The number of carbonyl (C=O) groups is 2. The zero-order chi connectivity index (χ0) is 17.8. The van der Waals surface area contributed by atoms with Gasteiger partial charge in [0.15, 0.2) is 0 Å². The minimum atomic E-state index is -0.707. The third-order valence-corrected chi connectivity index (χ3v) is 5.82. The Morgan fingerprint density at radius 3 is 2.36 bits per heavy atom. The molecule has 0 aromatic heterocycles. The van der Waals surface area contributed by atoms with Crippen LogP contribution in [0.15, 0.2) is 30.3 Å². The van der Waals surface area contributed by atoms with Crippen molar-refractivity contribution in [3.8, 4) is 0 Å². The summed E-state index contributed by atoms with van der Waals surface area (Å²) in [6.45, 7) is 3.77. The number of hydrogen-bond donors (Lipinski definition) is 2. The van der Waals surface area contributed by atoms with Gasteiger partial charge < -0.3 is 15.3 Å². The van der Waals surface area contributed by atoms with Crippen molar-refractivity contribution in [2.24, 2.45) is 11.8 Å². The first-order valence-corrected chi connectivity index (χ1v) is 9.37. The van der Waals surface area contributed by atoms with Crippen molar-refractivity contribution in [2.75, 3.05) is 13.1 Å². The smallest absolute Gasteiger partial charge is 0.317 e. The molecule has 2 N–H and O–H groups in total. The molecule has 2 atom stereocenters. The molecule has 2 amide bonds. The summed E-state index contributed by atoms with van der Waals surface area (Å²) in [4.78, 5) is 25.5. The molecule has 1 heterocycles. The number of benzene rings is 1. The number of urea groups is 1. The number of carboxylic acid groups (broad SMARTS) is 1. The molecule has 5 heteroatoms. The van der Waals surface area contributed by atoms with E-state index in [9.17, 15) is 9.59 Å². The first-order chi connectivity index (χ1) is 12.0. The van der Waals surface area contributed by atoms with Crippen LogP contribution in [-0.4, -0.2) is 41.1 Å². The number of likely N-dealkylation sites (tertiary alicyclic amines) is 1. The highest BCUT2D eigenvalue weighted by atomic mass is 16.4. The second-order valence-electron chi connectivity index (χ2n) is 7.57. The Hall–Kier alpha value is -2.04. The van der Waals surface area contributed by atoms with E-state index in [-0.39, 0.29) is 18.0 Å². The van der Waals surface area contributed by atoms with E-state index in [1.807, 2.05) is 11.0 Å². The first-order valence-electron chi connectivity index (χ1n) is 9.37. The fraction of sp³-hybridized carbons (Fsp3) is 0.600. The van der Waals surface area contributed by atoms with Crippen LogP contribution in [-0.2, 0) is 4.79 Å². The van der Waals surface area contributed by atoms with Crippen molar-refractivity contribution in [3.05, 3.63) is 35.9 Å². The van der Waals surface area contributed by atoms with E-state index in [2.05, 4.69) is 36.5 Å². The van der Waals surface area contributed by atoms with Gasteiger partial charge in [-0.05, 0) is 49.5 Å². The molecule has 2 unspecified atom stereocenters. The lowest BCUT2D eigenvalue weighted by Gasteiger charge is -2.38. The molecule has 1 saturated carbocycles. The van der Waals surface area contributed by atoms with Crippen LogP contribution in [0, 0.1) is 11.8 Å². The molecular formula is C20H28N2O3. The summed E-state index contributed by atoms with van der Waals surface area (Å²) in [5, 5.41) is 12.2. The molecular weight excluding hydrogens is 316 g/mol. The van der Waals surface area contributed by atoms with Crippen LogP contribution in [0.4, 0.5) is 4.79 Å². The zero-order valence-corrected chi connectivity index (χ0v) is 14.9. The first kappa shape index (κ1) is 17.8. The molecule has 5 nitrogen and oxygen atoms in total. The van der Waals surface area contributed by atoms with Crippen LogP contribution >= 0.6 is 0 Å². The number of carbonyl (C=O) groups excluding carboxylic acids is 1. The zero-order valence-electron chi connectivity index (χ0n) is 14.9. The van der Waals surface area contributed by atoms with Crippen LogP contribution in [0.2, 0.25) is 0 Å². The lowest BCUT2D eigenvalue weighted by atomic mass is 9.81. The number of rotatable bonds is 3. The fourth-order valence-corrected chi connectivity index (χ4v) is 4.28. The number of amides is 2. The lowest BCUT2D eigenvalue weighted by Crippen LogP contribution is -2.50. The summed E-state index contributed by atoms with van der Waals surface area (Å²) in [5.74, 6) is -0.00252. The van der Waals surface area contributed by atoms with Gasteiger partial charge in [-0.3, -0.25) is 4.79 Å². The molecule has 136 valence electrons. The van der Waals surface area contributed by atoms with Crippen LogP contribution in [0.1, 0.15) is 50.5 Å². The van der Waals surface area contributed by atoms with Gasteiger partial charge in [0.1, 0.15) is 0 Å². The van der Waals surface area contributed by atoms with E-state index in [0.29, 0.717) is 24.7 Å². The highest BCUT2D eigenvalue weighted by Crippen LogP contribution is 2.32. The second kappa shape index (κ2) is 7.89. The highest BCUT2D eigenvalue weighted by Gasteiger charge is 2.32. The van der Waals surface area contributed by atoms with E-state index < -0.39 is 5.97 Å². The summed E-state index contributed by atoms with van der Waals surface area (Å²) in [5.41, 5.74) is 1.36. The normalized spacial score (nSPS) is 29.9. The third kappa shape index (κ3) is 4.33. The van der Waals surface area contributed by atoms with E-state index in [0.717, 1.165) is 32.4 Å². The van der Waals surface area contributed by atoms with Crippen molar-refractivity contribution < 1.29 is 14.7 Å². The molecule has 1 saturated heterocycles. The van der Waals surface area contributed by atoms with Crippen molar-refractivity contribution in [1.82, 2.24) is 10.2 Å². The third-order valence-electron chi connectivity index (χ3n) is 5.82. The van der Waals surface area contributed by atoms with Gasteiger partial charge in [0.05, 0.1) is 5.92 Å². The van der Waals surface area contributed by atoms with Gasteiger partial charge in [-0.15, -0.1) is 0 Å². The van der Waals surface area contributed by atoms with Crippen molar-refractivity contribution in [1.29, 1.82) is 0 Å². The quantitative estimate of drug-likeness (QED) is 0.882. The molecule has 25 heavy (non-hydrogen) atoms. The number of hydrogen-bond acceptors (Lipinski definition) is 2. The lowest BCUT2D eigenvalue weighted by molar-refractivity contribution is -0.142. The molecule has 1 aromatic carbocycles. The average Bonchev–Trinajstić information content (AvgIpc) is 2.62. The summed E-state index contributed by atoms with van der Waals surface area (Å²) in [7, 11) is 0. The minimum Gasteiger partial charge on any atom is -0.481 e. The van der Waals surface area contributed by atoms with Gasteiger partial charge in [-0.1, -0.05) is 37.3 Å². The van der Waals surface area contributed by atoms with Crippen molar-refractivity contribution >= 4 is 12.0 Å². The Balaban J connectivity index is 1.49. The molecule has 0 radical (unpaired) electrons. The van der Waals surface area contributed by atoms with E-state index >= 15 is 0 Å². The Kier molecular flexibility index (Phi) is 5.61. The molecule has 1 aromatic rings. The maximum atomic E-state index is 12.6. The Morgan fingerprint density at radius 1 is 1.08 bits per heavy atom. The van der Waals surface area contributed by atoms with Crippen LogP contribution in [0.3, 0.4) is 0 Å². The van der Waals surface area contributed by atoms with Gasteiger partial charge in [0.25, 0.3) is 0 Å². The number of aliphatic carboxylic acids is 1. The monoisotopic (exact) mass is 344 g/mol. The fourth-order valence-electron chi connectivity index (χ4n) is 4.28. The van der Waals surface area contributed by atoms with Gasteiger partial charge in [-0.25, -0.2) is 4.79 Å². The Bertz CT molecular complexity index is 596. The number of nitrogens with one attached hydrogen (secondary N) is 1. The van der Waals surface area contributed by atoms with Crippen LogP contribution in [0.5, 0.6) is 0 Å². The van der Waals surface area contributed by atoms with Gasteiger partial charge in [0, 0.05) is 19.1 Å². The Morgan fingerprint density at radius 2 is 1.76 bits per heavy atom. The van der Waals surface area contributed by atoms with E-state index in [4.69, 9.17) is 5.11 Å². The summed E-state index contributed by atoms with van der Waals surface area (Å²) >= 11 is 0. The Labute approximate surface area is 149 Å². The van der Waals surface area contributed by atoms with E-state index in [1.165, 1.54) is 5.56 Å². The molecule has 3 rings (SSSR count). The topological polar surface area (TPSA) is 69.6 Å². The molecule has 1 aliphatic carbocycles. The van der Waals surface area contributed by atoms with Gasteiger partial charge in [0.2, 0.25) is 0 Å². The average molecular weight is 344 g/mol. The number of piperidine rings is 1. The summed E-state index contributed by atoms with van der Waals surface area (Å²) in [6, 6.07) is 10.7. The molecule has 0 bridgehead atoms. The predicted molar refractivity (Wildman–Crippen MR) is 96.5 cm³/mol. The summed E-state index contributed by atoms with van der Waals surface area (Å²) < 4.78 is 0. The van der Waals surface area contributed by atoms with Crippen molar-refractivity contribution in [2.45, 2.75) is 51.0 Å². The largest absolute Gasteiger partial charge is 0.481 e. The van der Waals surface area contributed by atoms with Crippen LogP contribution < -0.4 is 5.32 Å². The molecule has 2 aliphatic rings. The standard InChI is InChI=1S/C20H28N2O3/c1-14-13-22(12-11-18(14)15-5-3-2-4-6-15)20(25)21-17-9-7-16(8-10-17)19(23)24/h2-6,14,16-18H,7-13H2,1H3,(H,21,25)(H,23,24). The minimum absolute atomic E-state index is 0.0112. The SMILES string of the molecule is CC1CN(C(=O)NC2CCC(C(=O)O)CC2)CCC1c1ccccc1. The molecule has 1 aliphatic heterocycles. The molecule has 2 fully saturated rings. The maximum Gasteiger partial charge on any atom is 0.317 e. The van der Waals surface area contributed by atoms with Gasteiger partial charge >= 0.3 is 12.0 Å². The number of carboxylic acids is 1. The van der Waals surface area contributed by atoms with Crippen LogP contribution in [0.25, 0.3) is 0 Å². The van der Waals surface area contributed by atoms with Gasteiger partial charge in [-0.2, -0.15) is 0 Å². The molecule has 0 spiro atoms. The second-order valence-corrected chi connectivity index (χ2v) is 7.57. The number of nitrogens with zero attached hydrogens (tertiary/aromatic N) is 1.